The zero-order valence-corrected chi connectivity index (χ0v) is 17.1. The monoisotopic (exact) mass is 414 g/mol. The molecule has 156 valence electrons. The Hall–Kier alpha value is -3.78. The molecule has 31 heavy (non-hydrogen) atoms. The lowest BCUT2D eigenvalue weighted by Gasteiger charge is -2.16. The van der Waals surface area contributed by atoms with Crippen molar-refractivity contribution in [2.75, 3.05) is 24.6 Å². The standard InChI is InChI=1S/C23H22N6O2/c1-15-19(14-28(27-15)10-11-30)22-13-18(20-4-2-3-7-24-20)17-6-5-16(12-21(17)26-22)29-9-8-25-23(29)31/h2-7,12-14,30H,8-11H2,1H3,(H,25,31). The van der Waals surface area contributed by atoms with Crippen molar-refractivity contribution in [3.8, 4) is 22.5 Å². The molecule has 1 saturated heterocycles. The molecule has 0 bridgehead atoms. The van der Waals surface area contributed by atoms with Gasteiger partial charge in [-0.15, -0.1) is 0 Å². The fourth-order valence-electron chi connectivity index (χ4n) is 3.96. The number of fused-ring (bicyclic) bond motifs is 1. The molecular weight excluding hydrogens is 392 g/mol. The van der Waals surface area contributed by atoms with Gasteiger partial charge in [0.05, 0.1) is 35.8 Å². The Kier molecular flexibility index (Phi) is 4.83. The summed E-state index contributed by atoms with van der Waals surface area (Å²) in [5.41, 5.74) is 5.92. The van der Waals surface area contributed by atoms with Gasteiger partial charge in [0, 0.05) is 47.7 Å². The molecule has 3 aromatic heterocycles. The van der Waals surface area contributed by atoms with Gasteiger partial charge >= 0.3 is 6.03 Å². The summed E-state index contributed by atoms with van der Waals surface area (Å²) in [6.07, 6.45) is 3.68. The third kappa shape index (κ3) is 3.51. The summed E-state index contributed by atoms with van der Waals surface area (Å²) in [4.78, 5) is 23.3. The highest BCUT2D eigenvalue weighted by molar-refractivity contribution is 6.00. The summed E-state index contributed by atoms with van der Waals surface area (Å²) in [5.74, 6) is 0. The number of anilines is 1. The summed E-state index contributed by atoms with van der Waals surface area (Å²) in [6, 6.07) is 13.7. The Morgan fingerprint density at radius 1 is 1.13 bits per heavy atom. The Labute approximate surface area is 179 Å². The first kappa shape index (κ1) is 19.2. The van der Waals surface area contributed by atoms with Gasteiger partial charge in [0.15, 0.2) is 0 Å². The van der Waals surface area contributed by atoms with Crippen LogP contribution in [0.5, 0.6) is 0 Å². The van der Waals surface area contributed by atoms with Gasteiger partial charge in [-0.05, 0) is 37.3 Å². The molecule has 0 aliphatic carbocycles. The van der Waals surface area contributed by atoms with Gasteiger partial charge in [-0.1, -0.05) is 12.1 Å². The van der Waals surface area contributed by atoms with Crippen molar-refractivity contribution in [2.24, 2.45) is 0 Å². The largest absolute Gasteiger partial charge is 0.394 e. The molecule has 2 amide bonds. The molecule has 8 nitrogen and oxygen atoms in total. The molecule has 0 radical (unpaired) electrons. The lowest BCUT2D eigenvalue weighted by molar-refractivity contribution is 0.252. The predicted molar refractivity (Wildman–Crippen MR) is 119 cm³/mol. The first-order valence-corrected chi connectivity index (χ1v) is 10.2. The van der Waals surface area contributed by atoms with E-state index >= 15 is 0 Å². The number of carbonyl (C=O) groups is 1. The van der Waals surface area contributed by atoms with Crippen LogP contribution in [0, 0.1) is 6.92 Å². The van der Waals surface area contributed by atoms with Gasteiger partial charge in [-0.25, -0.2) is 9.78 Å². The lowest BCUT2D eigenvalue weighted by Crippen LogP contribution is -2.27. The fraction of sp³-hybridized carbons (Fsp3) is 0.217. The number of aryl methyl sites for hydroxylation is 1. The maximum atomic E-state index is 12.1. The third-order valence-corrected chi connectivity index (χ3v) is 5.45. The van der Waals surface area contributed by atoms with Gasteiger partial charge in [0.25, 0.3) is 0 Å². The number of aliphatic hydroxyl groups excluding tert-OH is 1. The number of aromatic nitrogens is 4. The number of nitrogens with zero attached hydrogens (tertiary/aromatic N) is 5. The number of hydrogen-bond donors (Lipinski definition) is 2. The van der Waals surface area contributed by atoms with Crippen molar-refractivity contribution in [1.29, 1.82) is 0 Å². The Bertz CT molecular complexity index is 1270. The molecule has 0 atom stereocenters. The number of amides is 2. The van der Waals surface area contributed by atoms with Gasteiger partial charge in [0.2, 0.25) is 0 Å². The van der Waals surface area contributed by atoms with E-state index in [0.29, 0.717) is 19.6 Å². The van der Waals surface area contributed by atoms with Crippen molar-refractivity contribution in [2.45, 2.75) is 13.5 Å². The van der Waals surface area contributed by atoms with Crippen molar-refractivity contribution >= 4 is 22.6 Å². The first-order chi connectivity index (χ1) is 15.1. The van der Waals surface area contributed by atoms with E-state index in [2.05, 4.69) is 15.4 Å². The lowest BCUT2D eigenvalue weighted by atomic mass is 10.0. The minimum atomic E-state index is -0.0958. The van der Waals surface area contributed by atoms with E-state index in [0.717, 1.165) is 44.8 Å². The van der Waals surface area contributed by atoms with Crippen LogP contribution in [-0.4, -0.2) is 50.6 Å². The van der Waals surface area contributed by atoms with Crippen LogP contribution in [0.2, 0.25) is 0 Å². The highest BCUT2D eigenvalue weighted by Gasteiger charge is 2.22. The zero-order chi connectivity index (χ0) is 21.4. The highest BCUT2D eigenvalue weighted by atomic mass is 16.3. The molecule has 0 spiro atoms. The Balaban J connectivity index is 1.71. The van der Waals surface area contributed by atoms with Gasteiger partial charge in [0.1, 0.15) is 0 Å². The number of nitrogens with one attached hydrogen (secondary N) is 1. The minimum absolute atomic E-state index is 0.0200. The maximum Gasteiger partial charge on any atom is 0.321 e. The molecule has 4 aromatic rings. The molecule has 4 heterocycles. The van der Waals surface area contributed by atoms with Crippen LogP contribution >= 0.6 is 0 Å². The van der Waals surface area contributed by atoms with Crippen molar-refractivity contribution in [3.63, 3.8) is 0 Å². The summed E-state index contributed by atoms with van der Waals surface area (Å²) in [6.45, 7) is 3.64. The topological polar surface area (TPSA) is 96.2 Å². The number of pyridine rings is 2. The van der Waals surface area contributed by atoms with Crippen molar-refractivity contribution < 1.29 is 9.90 Å². The van der Waals surface area contributed by atoms with Crippen molar-refractivity contribution in [3.05, 3.63) is 60.6 Å². The van der Waals surface area contributed by atoms with E-state index in [4.69, 9.17) is 4.98 Å². The Morgan fingerprint density at radius 3 is 2.77 bits per heavy atom. The molecule has 2 N–H and O–H groups in total. The number of benzene rings is 1. The van der Waals surface area contributed by atoms with Crippen LogP contribution in [0.3, 0.4) is 0 Å². The number of hydrogen-bond acceptors (Lipinski definition) is 5. The second-order valence-electron chi connectivity index (χ2n) is 7.47. The van der Waals surface area contributed by atoms with E-state index in [1.807, 2.05) is 55.6 Å². The summed E-state index contributed by atoms with van der Waals surface area (Å²) in [5, 5.41) is 17.5. The number of aliphatic hydroxyl groups is 1. The molecular formula is C23H22N6O2. The van der Waals surface area contributed by atoms with E-state index in [1.54, 1.807) is 15.8 Å². The second kappa shape index (κ2) is 7.81. The van der Waals surface area contributed by atoms with Crippen LogP contribution in [0.25, 0.3) is 33.4 Å². The van der Waals surface area contributed by atoms with E-state index < -0.39 is 0 Å². The molecule has 1 aliphatic rings. The van der Waals surface area contributed by atoms with Crippen LogP contribution in [-0.2, 0) is 6.54 Å². The highest BCUT2D eigenvalue weighted by Crippen LogP contribution is 2.34. The minimum Gasteiger partial charge on any atom is -0.394 e. The van der Waals surface area contributed by atoms with Gasteiger partial charge in [-0.2, -0.15) is 5.10 Å². The predicted octanol–water partition coefficient (Wildman–Crippen LogP) is 2.99. The zero-order valence-electron chi connectivity index (χ0n) is 17.1. The Morgan fingerprint density at radius 2 is 2.03 bits per heavy atom. The third-order valence-electron chi connectivity index (χ3n) is 5.45. The summed E-state index contributed by atoms with van der Waals surface area (Å²) >= 11 is 0. The number of rotatable bonds is 5. The number of urea groups is 1. The first-order valence-electron chi connectivity index (χ1n) is 10.2. The second-order valence-corrected chi connectivity index (χ2v) is 7.47. The molecule has 1 aromatic carbocycles. The fourth-order valence-corrected chi connectivity index (χ4v) is 3.96. The van der Waals surface area contributed by atoms with Crippen LogP contribution in [0.1, 0.15) is 5.69 Å². The molecule has 0 unspecified atom stereocenters. The van der Waals surface area contributed by atoms with E-state index in [9.17, 15) is 9.90 Å². The summed E-state index contributed by atoms with van der Waals surface area (Å²) in [7, 11) is 0. The summed E-state index contributed by atoms with van der Waals surface area (Å²) < 4.78 is 1.72. The van der Waals surface area contributed by atoms with E-state index in [1.165, 1.54) is 0 Å². The van der Waals surface area contributed by atoms with Crippen LogP contribution in [0.15, 0.2) is 54.9 Å². The molecule has 8 heteroatoms. The molecule has 1 fully saturated rings. The molecule has 1 aliphatic heterocycles. The SMILES string of the molecule is Cc1nn(CCO)cc1-c1cc(-c2ccccn2)c2ccc(N3CCNC3=O)cc2n1. The quantitative estimate of drug-likeness (QED) is 0.523. The van der Waals surface area contributed by atoms with E-state index in [-0.39, 0.29) is 12.6 Å². The average Bonchev–Trinajstić information content (AvgIpc) is 3.38. The smallest absolute Gasteiger partial charge is 0.321 e. The maximum absolute atomic E-state index is 12.1. The van der Waals surface area contributed by atoms with Gasteiger partial charge in [-0.3, -0.25) is 14.6 Å². The normalized spacial score (nSPS) is 13.7. The molecule has 0 saturated carbocycles. The van der Waals surface area contributed by atoms with Gasteiger partial charge < -0.3 is 10.4 Å². The molecule has 5 rings (SSSR count). The van der Waals surface area contributed by atoms with Crippen molar-refractivity contribution in [1.82, 2.24) is 25.1 Å². The van der Waals surface area contributed by atoms with Crippen LogP contribution < -0.4 is 10.2 Å². The number of carbonyl (C=O) groups excluding carboxylic acids is 1. The average molecular weight is 414 g/mol. The van der Waals surface area contributed by atoms with Crippen LogP contribution in [0.4, 0.5) is 10.5 Å².